The summed E-state index contributed by atoms with van der Waals surface area (Å²) in [6.07, 6.45) is 1.62. The SMILES string of the molecule is COc1ccc(Nc2ccnc(C(=O)N(C)c3ccccc3)c2)cc1. The van der Waals surface area contributed by atoms with E-state index in [1.54, 1.807) is 31.3 Å². The summed E-state index contributed by atoms with van der Waals surface area (Å²) in [5.74, 6) is 0.630. The molecule has 0 aliphatic carbocycles. The number of rotatable bonds is 5. The minimum atomic E-state index is -0.162. The number of amides is 1. The Hall–Kier alpha value is -3.34. The smallest absolute Gasteiger partial charge is 0.276 e. The van der Waals surface area contributed by atoms with E-state index in [9.17, 15) is 4.79 Å². The lowest BCUT2D eigenvalue weighted by atomic mass is 10.2. The highest BCUT2D eigenvalue weighted by atomic mass is 16.5. The maximum atomic E-state index is 12.7. The summed E-state index contributed by atoms with van der Waals surface area (Å²) in [6.45, 7) is 0. The number of methoxy groups -OCH3 is 1. The lowest BCUT2D eigenvalue weighted by Gasteiger charge is -2.17. The Morgan fingerprint density at radius 1 is 1.00 bits per heavy atom. The summed E-state index contributed by atoms with van der Waals surface area (Å²) in [4.78, 5) is 18.4. The highest BCUT2D eigenvalue weighted by Gasteiger charge is 2.15. The van der Waals surface area contributed by atoms with Crippen LogP contribution in [0.3, 0.4) is 0 Å². The first-order chi connectivity index (χ1) is 12.2. The lowest BCUT2D eigenvalue weighted by Crippen LogP contribution is -2.27. The molecule has 1 heterocycles. The number of para-hydroxylation sites is 1. The topological polar surface area (TPSA) is 54.5 Å². The Kier molecular flexibility index (Phi) is 4.95. The van der Waals surface area contributed by atoms with Gasteiger partial charge in [0, 0.05) is 30.3 Å². The number of hydrogen-bond donors (Lipinski definition) is 1. The van der Waals surface area contributed by atoms with Crippen molar-refractivity contribution >= 4 is 23.0 Å². The van der Waals surface area contributed by atoms with E-state index in [1.165, 1.54) is 0 Å². The van der Waals surface area contributed by atoms with Crippen LogP contribution in [0.1, 0.15) is 10.5 Å². The fourth-order valence-corrected chi connectivity index (χ4v) is 2.41. The van der Waals surface area contributed by atoms with Crippen molar-refractivity contribution in [1.29, 1.82) is 0 Å². The van der Waals surface area contributed by atoms with Gasteiger partial charge in [0.1, 0.15) is 11.4 Å². The number of ether oxygens (including phenoxy) is 1. The number of hydrogen-bond acceptors (Lipinski definition) is 4. The monoisotopic (exact) mass is 333 g/mol. The number of nitrogens with zero attached hydrogens (tertiary/aromatic N) is 2. The lowest BCUT2D eigenvalue weighted by molar-refractivity contribution is 0.0988. The van der Waals surface area contributed by atoms with Crippen molar-refractivity contribution in [3.63, 3.8) is 0 Å². The molecule has 0 spiro atoms. The van der Waals surface area contributed by atoms with E-state index in [4.69, 9.17) is 4.74 Å². The van der Waals surface area contributed by atoms with Gasteiger partial charge in [-0.25, -0.2) is 0 Å². The Morgan fingerprint density at radius 3 is 2.40 bits per heavy atom. The highest BCUT2D eigenvalue weighted by Crippen LogP contribution is 2.21. The number of carbonyl (C=O) groups excluding carboxylic acids is 1. The number of carbonyl (C=O) groups is 1. The van der Waals surface area contributed by atoms with Crippen LogP contribution in [0.15, 0.2) is 72.9 Å². The summed E-state index contributed by atoms with van der Waals surface area (Å²) >= 11 is 0. The number of aromatic nitrogens is 1. The number of nitrogens with one attached hydrogen (secondary N) is 1. The van der Waals surface area contributed by atoms with E-state index in [2.05, 4.69) is 10.3 Å². The molecule has 0 unspecified atom stereocenters. The van der Waals surface area contributed by atoms with E-state index >= 15 is 0 Å². The molecule has 0 atom stereocenters. The van der Waals surface area contributed by atoms with Gasteiger partial charge in [-0.15, -0.1) is 0 Å². The molecule has 0 radical (unpaired) electrons. The second kappa shape index (κ2) is 7.49. The molecule has 126 valence electrons. The van der Waals surface area contributed by atoms with E-state index in [0.29, 0.717) is 5.69 Å². The zero-order valence-corrected chi connectivity index (χ0v) is 14.1. The fraction of sp³-hybridized carbons (Fsp3) is 0.100. The zero-order chi connectivity index (χ0) is 17.6. The minimum absolute atomic E-state index is 0.162. The third kappa shape index (κ3) is 3.95. The summed E-state index contributed by atoms with van der Waals surface area (Å²) in [5, 5.41) is 3.26. The second-order valence-corrected chi connectivity index (χ2v) is 5.48. The number of benzene rings is 2. The second-order valence-electron chi connectivity index (χ2n) is 5.48. The fourth-order valence-electron chi connectivity index (χ4n) is 2.41. The summed E-state index contributed by atoms with van der Waals surface area (Å²) in [7, 11) is 3.37. The first-order valence-corrected chi connectivity index (χ1v) is 7.87. The maximum absolute atomic E-state index is 12.7. The van der Waals surface area contributed by atoms with Crippen molar-refractivity contribution in [2.45, 2.75) is 0 Å². The van der Waals surface area contributed by atoms with Gasteiger partial charge in [0.05, 0.1) is 7.11 Å². The van der Waals surface area contributed by atoms with E-state index in [-0.39, 0.29) is 5.91 Å². The molecule has 0 aliphatic heterocycles. The van der Waals surface area contributed by atoms with Crippen LogP contribution in [0.4, 0.5) is 17.1 Å². The molecule has 0 aliphatic rings. The quantitative estimate of drug-likeness (QED) is 0.763. The van der Waals surface area contributed by atoms with Gasteiger partial charge in [-0.1, -0.05) is 18.2 Å². The molecule has 1 amide bonds. The van der Waals surface area contributed by atoms with E-state index < -0.39 is 0 Å². The van der Waals surface area contributed by atoms with E-state index in [1.807, 2.05) is 60.7 Å². The highest BCUT2D eigenvalue weighted by molar-refractivity contribution is 6.04. The van der Waals surface area contributed by atoms with Gasteiger partial charge in [-0.3, -0.25) is 9.78 Å². The average molecular weight is 333 g/mol. The summed E-state index contributed by atoms with van der Waals surface area (Å²) < 4.78 is 5.15. The van der Waals surface area contributed by atoms with Crippen molar-refractivity contribution in [3.05, 3.63) is 78.6 Å². The molecule has 2 aromatic carbocycles. The van der Waals surface area contributed by atoms with Gasteiger partial charge < -0.3 is 15.0 Å². The zero-order valence-electron chi connectivity index (χ0n) is 14.1. The molecule has 0 fully saturated rings. The normalized spacial score (nSPS) is 10.2. The maximum Gasteiger partial charge on any atom is 0.276 e. The third-order valence-electron chi connectivity index (χ3n) is 3.81. The van der Waals surface area contributed by atoms with Crippen molar-refractivity contribution in [2.75, 3.05) is 24.4 Å². The Bertz CT molecular complexity index is 848. The Balaban J connectivity index is 1.77. The molecular formula is C20H19N3O2. The minimum Gasteiger partial charge on any atom is -0.497 e. The van der Waals surface area contributed by atoms with Gasteiger partial charge in [-0.05, 0) is 48.5 Å². The predicted octanol–water partition coefficient (Wildman–Crippen LogP) is 4.11. The van der Waals surface area contributed by atoms with Gasteiger partial charge in [-0.2, -0.15) is 0 Å². The Labute approximate surface area is 146 Å². The standard InChI is InChI=1S/C20H19N3O2/c1-23(17-6-4-3-5-7-17)20(24)19-14-16(12-13-21-19)22-15-8-10-18(25-2)11-9-15/h3-14H,1-2H3,(H,21,22). The summed E-state index contributed by atoms with van der Waals surface area (Å²) in [6, 6.07) is 20.6. The Morgan fingerprint density at radius 2 is 1.72 bits per heavy atom. The molecule has 25 heavy (non-hydrogen) atoms. The number of pyridine rings is 1. The van der Waals surface area contributed by atoms with E-state index in [0.717, 1.165) is 22.8 Å². The van der Waals surface area contributed by atoms with Crippen molar-refractivity contribution in [3.8, 4) is 5.75 Å². The van der Waals surface area contributed by atoms with Crippen molar-refractivity contribution in [2.24, 2.45) is 0 Å². The predicted molar refractivity (Wildman–Crippen MR) is 99.7 cm³/mol. The molecule has 0 saturated heterocycles. The van der Waals surface area contributed by atoms with Crippen LogP contribution < -0.4 is 15.0 Å². The number of anilines is 3. The average Bonchev–Trinajstić information content (AvgIpc) is 2.68. The molecule has 3 rings (SSSR count). The molecule has 3 aromatic rings. The molecule has 0 bridgehead atoms. The van der Waals surface area contributed by atoms with Crippen molar-refractivity contribution in [1.82, 2.24) is 4.98 Å². The molecular weight excluding hydrogens is 314 g/mol. The van der Waals surface area contributed by atoms with Crippen LogP contribution >= 0.6 is 0 Å². The first kappa shape index (κ1) is 16.5. The molecule has 0 saturated carbocycles. The molecule has 5 heteroatoms. The third-order valence-corrected chi connectivity index (χ3v) is 3.81. The molecule has 5 nitrogen and oxygen atoms in total. The van der Waals surface area contributed by atoms with Crippen LogP contribution in [0.25, 0.3) is 0 Å². The van der Waals surface area contributed by atoms with Crippen LogP contribution in [0.5, 0.6) is 5.75 Å². The van der Waals surface area contributed by atoms with Crippen molar-refractivity contribution < 1.29 is 9.53 Å². The molecule has 1 aromatic heterocycles. The van der Waals surface area contributed by atoms with Crippen LogP contribution in [-0.2, 0) is 0 Å². The first-order valence-electron chi connectivity index (χ1n) is 7.87. The van der Waals surface area contributed by atoms with Crippen LogP contribution in [-0.4, -0.2) is 25.0 Å². The molecule has 1 N–H and O–H groups in total. The van der Waals surface area contributed by atoms with Gasteiger partial charge in [0.15, 0.2) is 0 Å². The van der Waals surface area contributed by atoms with Crippen LogP contribution in [0.2, 0.25) is 0 Å². The van der Waals surface area contributed by atoms with Gasteiger partial charge in [0.2, 0.25) is 0 Å². The van der Waals surface area contributed by atoms with Gasteiger partial charge in [0.25, 0.3) is 5.91 Å². The van der Waals surface area contributed by atoms with Gasteiger partial charge >= 0.3 is 0 Å². The van der Waals surface area contributed by atoms with Crippen LogP contribution in [0, 0.1) is 0 Å². The largest absolute Gasteiger partial charge is 0.497 e. The summed E-state index contributed by atoms with van der Waals surface area (Å²) in [5.41, 5.74) is 2.90.